The van der Waals surface area contributed by atoms with Gasteiger partial charge in [0, 0.05) is 10.6 Å². The average Bonchev–Trinajstić information content (AvgIpc) is 2.17. The molecule has 0 aliphatic carbocycles. The van der Waals surface area contributed by atoms with Gasteiger partial charge in [0.05, 0.1) is 0 Å². The largest absolute Gasteiger partial charge is 0.489 e. The van der Waals surface area contributed by atoms with Gasteiger partial charge in [-0.1, -0.05) is 11.7 Å². The van der Waals surface area contributed by atoms with Crippen molar-refractivity contribution in [2.45, 2.75) is 6.92 Å². The fourth-order valence-corrected chi connectivity index (χ4v) is 0.867. The normalized spacial score (nSPS) is 8.93. The predicted molar refractivity (Wildman–Crippen MR) is 55.6 cm³/mol. The molecule has 0 aliphatic heterocycles. The standard InChI is InChI=1S/C10H11N3O/c1-8(2)7-14-10-5-3-9(4-6-10)12-13-11/h3-6H,1,7H2,2H3. The lowest BCUT2D eigenvalue weighted by Gasteiger charge is -2.04. The van der Waals surface area contributed by atoms with Gasteiger partial charge in [-0.25, -0.2) is 0 Å². The van der Waals surface area contributed by atoms with E-state index in [0.717, 1.165) is 11.3 Å². The molecule has 72 valence electrons. The lowest BCUT2D eigenvalue weighted by molar-refractivity contribution is 0.353. The van der Waals surface area contributed by atoms with Crippen molar-refractivity contribution in [3.05, 3.63) is 46.9 Å². The van der Waals surface area contributed by atoms with Gasteiger partial charge in [-0.05, 0) is 42.3 Å². The second kappa shape index (κ2) is 4.94. The smallest absolute Gasteiger partial charge is 0.119 e. The highest BCUT2D eigenvalue weighted by molar-refractivity contribution is 5.41. The molecular weight excluding hydrogens is 178 g/mol. The summed E-state index contributed by atoms with van der Waals surface area (Å²) in [5.74, 6) is 0.741. The van der Waals surface area contributed by atoms with E-state index in [-0.39, 0.29) is 0 Å². The maximum atomic E-state index is 8.18. The lowest BCUT2D eigenvalue weighted by atomic mass is 10.3. The molecule has 0 spiro atoms. The Morgan fingerprint density at radius 3 is 2.64 bits per heavy atom. The molecule has 0 amide bonds. The van der Waals surface area contributed by atoms with E-state index in [0.29, 0.717) is 12.3 Å². The molecule has 0 aliphatic rings. The van der Waals surface area contributed by atoms with Crippen LogP contribution < -0.4 is 4.74 Å². The highest BCUT2D eigenvalue weighted by Gasteiger charge is 1.93. The minimum atomic E-state index is 0.501. The van der Waals surface area contributed by atoms with Gasteiger partial charge in [0.1, 0.15) is 12.4 Å². The Labute approximate surface area is 82.4 Å². The highest BCUT2D eigenvalue weighted by atomic mass is 16.5. The van der Waals surface area contributed by atoms with Crippen LogP contribution in [0.2, 0.25) is 0 Å². The van der Waals surface area contributed by atoms with Crippen molar-refractivity contribution in [3.8, 4) is 5.75 Å². The van der Waals surface area contributed by atoms with E-state index in [1.807, 2.05) is 6.92 Å². The molecule has 0 aromatic heterocycles. The average molecular weight is 189 g/mol. The zero-order valence-electron chi connectivity index (χ0n) is 7.97. The Balaban J connectivity index is 2.63. The molecule has 4 nitrogen and oxygen atoms in total. The van der Waals surface area contributed by atoms with Crippen LogP contribution in [0.25, 0.3) is 10.4 Å². The van der Waals surface area contributed by atoms with Gasteiger partial charge in [0.2, 0.25) is 0 Å². The molecule has 0 saturated carbocycles. The van der Waals surface area contributed by atoms with Crippen LogP contribution in [0.5, 0.6) is 5.75 Å². The SMILES string of the molecule is C=C(C)COc1ccc(N=[N+]=[N-])cc1. The van der Waals surface area contributed by atoms with Crippen molar-refractivity contribution in [2.75, 3.05) is 6.61 Å². The molecule has 1 aromatic rings. The number of ether oxygens (including phenoxy) is 1. The first-order valence-corrected chi connectivity index (χ1v) is 4.14. The summed E-state index contributed by atoms with van der Waals surface area (Å²) >= 11 is 0. The maximum absolute atomic E-state index is 8.18. The fourth-order valence-electron chi connectivity index (χ4n) is 0.867. The van der Waals surface area contributed by atoms with E-state index in [1.165, 1.54) is 0 Å². The van der Waals surface area contributed by atoms with Crippen LogP contribution >= 0.6 is 0 Å². The van der Waals surface area contributed by atoms with E-state index >= 15 is 0 Å². The van der Waals surface area contributed by atoms with Gasteiger partial charge in [-0.2, -0.15) is 0 Å². The van der Waals surface area contributed by atoms with Gasteiger partial charge in [-0.15, -0.1) is 0 Å². The molecule has 1 rings (SSSR count). The summed E-state index contributed by atoms with van der Waals surface area (Å²) in [5, 5.41) is 3.45. The van der Waals surface area contributed by atoms with E-state index in [2.05, 4.69) is 16.6 Å². The Bertz CT molecular complexity index is 363. The number of hydrogen-bond acceptors (Lipinski definition) is 2. The van der Waals surface area contributed by atoms with Crippen LogP contribution in [-0.4, -0.2) is 6.61 Å². The highest BCUT2D eigenvalue weighted by Crippen LogP contribution is 2.18. The molecule has 0 radical (unpaired) electrons. The molecule has 0 fully saturated rings. The summed E-state index contributed by atoms with van der Waals surface area (Å²) in [7, 11) is 0. The van der Waals surface area contributed by atoms with Gasteiger partial charge >= 0.3 is 0 Å². The van der Waals surface area contributed by atoms with E-state index in [4.69, 9.17) is 10.3 Å². The topological polar surface area (TPSA) is 58.0 Å². The van der Waals surface area contributed by atoms with Crippen LogP contribution in [0.1, 0.15) is 6.92 Å². The molecule has 0 atom stereocenters. The predicted octanol–water partition coefficient (Wildman–Crippen LogP) is 3.58. The zero-order chi connectivity index (χ0) is 10.4. The van der Waals surface area contributed by atoms with Crippen LogP contribution in [0.15, 0.2) is 41.5 Å². The monoisotopic (exact) mass is 189 g/mol. The first kappa shape index (κ1) is 10.2. The molecule has 0 heterocycles. The number of nitrogens with zero attached hydrogens (tertiary/aromatic N) is 3. The molecule has 1 aromatic carbocycles. The molecule has 14 heavy (non-hydrogen) atoms. The van der Waals surface area contributed by atoms with Crippen molar-refractivity contribution in [1.29, 1.82) is 0 Å². The number of benzene rings is 1. The van der Waals surface area contributed by atoms with E-state index in [9.17, 15) is 0 Å². The minimum Gasteiger partial charge on any atom is -0.489 e. The Morgan fingerprint density at radius 2 is 2.14 bits per heavy atom. The second-order valence-corrected chi connectivity index (χ2v) is 2.93. The van der Waals surface area contributed by atoms with Gasteiger partial charge < -0.3 is 4.74 Å². The summed E-state index contributed by atoms with van der Waals surface area (Å²) in [6.45, 7) is 6.12. The minimum absolute atomic E-state index is 0.501. The van der Waals surface area contributed by atoms with E-state index < -0.39 is 0 Å². The Morgan fingerprint density at radius 1 is 1.50 bits per heavy atom. The molecule has 0 N–H and O–H groups in total. The van der Waals surface area contributed by atoms with Gasteiger partial charge in [0.25, 0.3) is 0 Å². The molecular formula is C10H11N3O. The summed E-state index contributed by atoms with van der Waals surface area (Å²) < 4.78 is 5.37. The first-order chi connectivity index (χ1) is 6.72. The third-order valence-electron chi connectivity index (χ3n) is 1.48. The molecule has 4 heteroatoms. The van der Waals surface area contributed by atoms with Crippen LogP contribution in [0.3, 0.4) is 0 Å². The van der Waals surface area contributed by atoms with Crippen molar-refractivity contribution in [1.82, 2.24) is 0 Å². The number of hydrogen-bond donors (Lipinski definition) is 0. The van der Waals surface area contributed by atoms with Crippen molar-refractivity contribution in [2.24, 2.45) is 5.11 Å². The quantitative estimate of drug-likeness (QED) is 0.309. The molecule has 0 bridgehead atoms. The number of azide groups is 1. The third kappa shape index (κ3) is 3.21. The summed E-state index contributed by atoms with van der Waals surface area (Å²) in [6, 6.07) is 6.92. The van der Waals surface area contributed by atoms with Crippen molar-refractivity contribution >= 4 is 5.69 Å². The lowest BCUT2D eigenvalue weighted by Crippen LogP contribution is -1.96. The summed E-state index contributed by atoms with van der Waals surface area (Å²) in [5.41, 5.74) is 9.72. The number of rotatable bonds is 4. The van der Waals surface area contributed by atoms with Crippen LogP contribution in [0.4, 0.5) is 5.69 Å². The van der Waals surface area contributed by atoms with Crippen LogP contribution in [0, 0.1) is 0 Å². The van der Waals surface area contributed by atoms with Gasteiger partial charge in [-0.3, -0.25) is 0 Å². The van der Waals surface area contributed by atoms with Crippen molar-refractivity contribution in [3.63, 3.8) is 0 Å². The molecule has 0 saturated heterocycles. The second-order valence-electron chi connectivity index (χ2n) is 2.93. The van der Waals surface area contributed by atoms with E-state index in [1.54, 1.807) is 24.3 Å². The maximum Gasteiger partial charge on any atom is 0.119 e. The summed E-state index contributed by atoms with van der Waals surface area (Å²) in [4.78, 5) is 2.68. The van der Waals surface area contributed by atoms with Gasteiger partial charge in [0.15, 0.2) is 0 Å². The third-order valence-corrected chi connectivity index (χ3v) is 1.48. The van der Waals surface area contributed by atoms with Crippen molar-refractivity contribution < 1.29 is 4.74 Å². The zero-order valence-corrected chi connectivity index (χ0v) is 7.97. The summed E-state index contributed by atoms with van der Waals surface area (Å²) in [6.07, 6.45) is 0. The Kier molecular flexibility index (Phi) is 3.58. The first-order valence-electron chi connectivity index (χ1n) is 4.14. The fraction of sp³-hybridized carbons (Fsp3) is 0.200. The Hall–Kier alpha value is -1.93. The molecule has 0 unspecified atom stereocenters. The van der Waals surface area contributed by atoms with Crippen LogP contribution in [-0.2, 0) is 0 Å².